The quantitative estimate of drug-likeness (QED) is 0.813. The van der Waals surface area contributed by atoms with Crippen LogP contribution in [0.1, 0.15) is 23.3 Å². The largest absolute Gasteiger partial charge is 0.333 e. The van der Waals surface area contributed by atoms with Crippen LogP contribution in [0.2, 0.25) is 0 Å². The van der Waals surface area contributed by atoms with E-state index in [9.17, 15) is 9.59 Å². The van der Waals surface area contributed by atoms with Gasteiger partial charge in [-0.25, -0.2) is 4.79 Å². The number of carbonyl (C=O) groups is 2. The van der Waals surface area contributed by atoms with Gasteiger partial charge >= 0.3 is 6.03 Å². The molecule has 0 saturated heterocycles. The topological polar surface area (TPSA) is 70.2 Å². The molecule has 0 unspecified atom stereocenters. The van der Waals surface area contributed by atoms with Gasteiger partial charge in [-0.15, -0.1) is 11.3 Å². The van der Waals surface area contributed by atoms with Crippen LogP contribution in [0.4, 0.5) is 16.2 Å². The summed E-state index contributed by atoms with van der Waals surface area (Å²) in [6.07, 6.45) is 2.20. The van der Waals surface area contributed by atoms with Crippen LogP contribution < -0.4 is 16.0 Å². The molecule has 1 aromatic heterocycles. The Morgan fingerprint density at radius 3 is 3.00 bits per heavy atom. The number of fused-ring (bicyclic) bond motifs is 1. The summed E-state index contributed by atoms with van der Waals surface area (Å²) in [5, 5.41) is 10.5. The van der Waals surface area contributed by atoms with Crippen molar-refractivity contribution in [1.29, 1.82) is 0 Å². The number of urea groups is 1. The summed E-state index contributed by atoms with van der Waals surface area (Å²) >= 11 is 1.61. The van der Waals surface area contributed by atoms with Crippen molar-refractivity contribution in [2.45, 2.75) is 25.8 Å². The Morgan fingerprint density at radius 1 is 1.27 bits per heavy atom. The van der Waals surface area contributed by atoms with Crippen LogP contribution >= 0.6 is 11.3 Å². The lowest BCUT2D eigenvalue weighted by Crippen LogP contribution is -2.27. The predicted octanol–water partition coefficient (Wildman–Crippen LogP) is 3.34. The van der Waals surface area contributed by atoms with Gasteiger partial charge in [0.25, 0.3) is 0 Å². The van der Waals surface area contributed by atoms with Crippen molar-refractivity contribution < 1.29 is 9.59 Å². The maximum absolute atomic E-state index is 11.9. The molecule has 1 aliphatic rings. The van der Waals surface area contributed by atoms with Gasteiger partial charge in [0.2, 0.25) is 5.91 Å². The van der Waals surface area contributed by atoms with Gasteiger partial charge in [-0.1, -0.05) is 6.07 Å². The monoisotopic (exact) mass is 315 g/mol. The van der Waals surface area contributed by atoms with E-state index in [1.54, 1.807) is 17.4 Å². The molecule has 2 aromatic rings. The van der Waals surface area contributed by atoms with Gasteiger partial charge in [-0.05, 0) is 48.1 Å². The van der Waals surface area contributed by atoms with Gasteiger partial charge in [0.1, 0.15) is 0 Å². The molecule has 0 atom stereocenters. The van der Waals surface area contributed by atoms with E-state index < -0.39 is 0 Å². The van der Waals surface area contributed by atoms with Crippen molar-refractivity contribution in [2.24, 2.45) is 0 Å². The second-order valence-corrected chi connectivity index (χ2v) is 6.19. The van der Waals surface area contributed by atoms with Gasteiger partial charge in [-0.2, -0.15) is 0 Å². The Bertz CT molecular complexity index is 683. The molecule has 0 bridgehead atoms. The third-order valence-electron chi connectivity index (χ3n) is 3.49. The number of nitrogens with one attached hydrogen (secondary N) is 3. The van der Waals surface area contributed by atoms with E-state index >= 15 is 0 Å². The highest BCUT2D eigenvalue weighted by Gasteiger charge is 2.13. The number of rotatable bonds is 3. The molecule has 3 amide bonds. The summed E-state index contributed by atoms with van der Waals surface area (Å²) in [6.45, 7) is 0.518. The molecule has 0 spiro atoms. The van der Waals surface area contributed by atoms with E-state index in [1.807, 2.05) is 29.6 Å². The highest BCUT2D eigenvalue weighted by atomic mass is 32.1. The van der Waals surface area contributed by atoms with Gasteiger partial charge in [0.05, 0.1) is 6.54 Å². The lowest BCUT2D eigenvalue weighted by Gasteiger charge is -2.11. The number of hydrogen-bond acceptors (Lipinski definition) is 3. The third kappa shape index (κ3) is 3.65. The molecule has 1 aliphatic heterocycles. The number of thiophene rings is 1. The van der Waals surface area contributed by atoms with E-state index in [2.05, 4.69) is 16.0 Å². The Balaban J connectivity index is 1.61. The smallest absolute Gasteiger partial charge is 0.319 e. The molecule has 1 aromatic carbocycles. The maximum atomic E-state index is 11.9. The summed E-state index contributed by atoms with van der Waals surface area (Å²) < 4.78 is 0. The average Bonchev–Trinajstić information content (AvgIpc) is 2.94. The van der Waals surface area contributed by atoms with Crippen LogP contribution in [-0.4, -0.2) is 11.9 Å². The molecule has 2 heterocycles. The van der Waals surface area contributed by atoms with E-state index in [0.717, 1.165) is 34.7 Å². The van der Waals surface area contributed by atoms with Crippen molar-refractivity contribution in [3.8, 4) is 0 Å². The van der Waals surface area contributed by atoms with Crippen LogP contribution in [0.15, 0.2) is 35.7 Å². The first-order valence-corrected chi connectivity index (χ1v) is 8.09. The molecular weight excluding hydrogens is 298 g/mol. The fourth-order valence-electron chi connectivity index (χ4n) is 2.41. The predicted molar refractivity (Wildman–Crippen MR) is 88.2 cm³/mol. The zero-order valence-electron chi connectivity index (χ0n) is 12.0. The van der Waals surface area contributed by atoms with Gasteiger partial charge < -0.3 is 16.0 Å². The Labute approximate surface area is 132 Å². The molecule has 5 nitrogen and oxygen atoms in total. The fraction of sp³-hybridized carbons (Fsp3) is 0.250. The third-order valence-corrected chi connectivity index (χ3v) is 4.37. The van der Waals surface area contributed by atoms with Crippen LogP contribution in [0.5, 0.6) is 0 Å². The summed E-state index contributed by atoms with van der Waals surface area (Å²) in [5.74, 6) is 0.0492. The highest BCUT2D eigenvalue weighted by molar-refractivity contribution is 7.09. The number of hydrogen-bond donors (Lipinski definition) is 3. The minimum atomic E-state index is -0.231. The van der Waals surface area contributed by atoms with Crippen molar-refractivity contribution in [1.82, 2.24) is 5.32 Å². The number of anilines is 2. The number of benzene rings is 1. The van der Waals surface area contributed by atoms with Crippen LogP contribution in [0, 0.1) is 0 Å². The summed E-state index contributed by atoms with van der Waals surface area (Å²) in [5.41, 5.74) is 2.63. The number of amides is 3. The zero-order valence-corrected chi connectivity index (χ0v) is 12.8. The standard InChI is InChI=1S/C16H17N3O2S/c20-15-5-1-3-11-9-12(6-7-14(11)19-15)18-16(21)17-10-13-4-2-8-22-13/h2,4,6-9H,1,3,5,10H2,(H,19,20)(H2,17,18,21). The van der Waals surface area contributed by atoms with E-state index in [4.69, 9.17) is 0 Å². The zero-order chi connectivity index (χ0) is 15.4. The molecular formula is C16H17N3O2S. The number of aryl methyl sites for hydroxylation is 1. The van der Waals surface area contributed by atoms with Gasteiger partial charge in [0, 0.05) is 22.7 Å². The molecule has 0 radical (unpaired) electrons. The second-order valence-electron chi connectivity index (χ2n) is 5.16. The van der Waals surface area contributed by atoms with Gasteiger partial charge in [0.15, 0.2) is 0 Å². The van der Waals surface area contributed by atoms with Crippen molar-refractivity contribution in [3.63, 3.8) is 0 Å². The second kappa shape index (κ2) is 6.62. The van der Waals surface area contributed by atoms with E-state index in [1.165, 1.54) is 0 Å². The van der Waals surface area contributed by atoms with Crippen LogP contribution in [0.25, 0.3) is 0 Å². The van der Waals surface area contributed by atoms with E-state index in [0.29, 0.717) is 13.0 Å². The molecule has 3 rings (SSSR count). The first-order valence-electron chi connectivity index (χ1n) is 7.21. The van der Waals surface area contributed by atoms with Crippen molar-refractivity contribution in [2.75, 3.05) is 10.6 Å². The minimum Gasteiger partial charge on any atom is -0.333 e. The van der Waals surface area contributed by atoms with Crippen molar-refractivity contribution >= 4 is 34.6 Å². The summed E-state index contributed by atoms with van der Waals surface area (Å²) in [7, 11) is 0. The highest BCUT2D eigenvalue weighted by Crippen LogP contribution is 2.25. The van der Waals surface area contributed by atoms with Crippen LogP contribution in [0.3, 0.4) is 0 Å². The molecule has 0 fully saturated rings. The normalized spacial score (nSPS) is 13.7. The molecule has 0 aliphatic carbocycles. The van der Waals surface area contributed by atoms with Gasteiger partial charge in [-0.3, -0.25) is 4.79 Å². The summed E-state index contributed by atoms with van der Waals surface area (Å²) in [4.78, 5) is 24.5. The SMILES string of the molecule is O=C1CCCc2cc(NC(=O)NCc3cccs3)ccc2N1. The first-order chi connectivity index (χ1) is 10.7. The Kier molecular flexibility index (Phi) is 4.39. The van der Waals surface area contributed by atoms with Crippen molar-refractivity contribution in [3.05, 3.63) is 46.2 Å². The molecule has 0 saturated carbocycles. The Hall–Kier alpha value is -2.34. The number of carbonyl (C=O) groups excluding carboxylic acids is 2. The molecule has 22 heavy (non-hydrogen) atoms. The molecule has 114 valence electrons. The minimum absolute atomic E-state index is 0.0492. The Morgan fingerprint density at radius 2 is 2.18 bits per heavy atom. The van der Waals surface area contributed by atoms with Crippen LogP contribution in [-0.2, 0) is 17.8 Å². The molecule has 6 heteroatoms. The average molecular weight is 315 g/mol. The lowest BCUT2D eigenvalue weighted by molar-refractivity contribution is -0.116. The van der Waals surface area contributed by atoms with E-state index in [-0.39, 0.29) is 11.9 Å². The summed E-state index contributed by atoms with van der Waals surface area (Å²) in [6, 6.07) is 9.27. The first kappa shape index (κ1) is 14.6. The molecule has 3 N–H and O–H groups in total. The maximum Gasteiger partial charge on any atom is 0.319 e. The fourth-order valence-corrected chi connectivity index (χ4v) is 3.05. The lowest BCUT2D eigenvalue weighted by atomic mass is 10.1.